The Morgan fingerprint density at radius 1 is 1.31 bits per heavy atom. The zero-order valence-corrected chi connectivity index (χ0v) is 15.3. The minimum Gasteiger partial charge on any atom is -0.480 e. The topological polar surface area (TPSA) is 115 Å². The van der Waals surface area contributed by atoms with E-state index < -0.39 is 23.7 Å². The third-order valence-electron chi connectivity index (χ3n) is 3.85. The highest BCUT2D eigenvalue weighted by atomic mass is 16.6. The average molecular weight is 359 g/mol. The second kappa shape index (κ2) is 8.03. The number of nitrogens with two attached hydrogens (primary N) is 1. The molecule has 0 radical (unpaired) electrons. The number of nitrogen functional groups attached to an aromatic ring is 1. The van der Waals surface area contributed by atoms with E-state index in [0.29, 0.717) is 18.7 Å². The monoisotopic (exact) mass is 359 g/mol. The Morgan fingerprint density at radius 2 is 2.00 bits per heavy atom. The van der Waals surface area contributed by atoms with Gasteiger partial charge in [0.2, 0.25) is 0 Å². The van der Waals surface area contributed by atoms with Gasteiger partial charge in [-0.15, -0.1) is 0 Å². The molecule has 0 saturated heterocycles. The predicted octanol–water partition coefficient (Wildman–Crippen LogP) is 3.12. The first-order valence-corrected chi connectivity index (χ1v) is 8.52. The molecule has 0 bridgehead atoms. The van der Waals surface area contributed by atoms with Crippen LogP contribution in [0.4, 0.5) is 10.6 Å². The molecule has 1 heterocycles. The van der Waals surface area contributed by atoms with Crippen molar-refractivity contribution in [3.8, 4) is 0 Å². The van der Waals surface area contributed by atoms with Crippen molar-refractivity contribution in [1.82, 2.24) is 10.3 Å². The van der Waals surface area contributed by atoms with Crippen molar-refractivity contribution in [2.24, 2.45) is 0 Å². The van der Waals surface area contributed by atoms with Gasteiger partial charge >= 0.3 is 12.1 Å². The summed E-state index contributed by atoms with van der Waals surface area (Å²) in [6.07, 6.45) is 2.35. The number of carbonyl (C=O) groups excluding carboxylic acids is 1. The number of pyridine rings is 1. The number of rotatable bonds is 6. The third-order valence-corrected chi connectivity index (χ3v) is 3.85. The molecule has 2 aromatic rings. The molecule has 26 heavy (non-hydrogen) atoms. The second-order valence-electron chi connectivity index (χ2n) is 7.14. The van der Waals surface area contributed by atoms with Crippen LogP contribution in [0.2, 0.25) is 0 Å². The molecule has 0 aliphatic carbocycles. The van der Waals surface area contributed by atoms with E-state index in [1.807, 2.05) is 24.3 Å². The lowest BCUT2D eigenvalue weighted by Gasteiger charge is -2.22. The van der Waals surface area contributed by atoms with E-state index in [1.54, 1.807) is 27.0 Å². The van der Waals surface area contributed by atoms with Gasteiger partial charge in [0, 0.05) is 17.1 Å². The molecular formula is C19H25N3O4. The summed E-state index contributed by atoms with van der Waals surface area (Å²) in [5, 5.41) is 13.7. The Hall–Kier alpha value is -2.83. The van der Waals surface area contributed by atoms with Gasteiger partial charge in [0.05, 0.1) is 0 Å². The summed E-state index contributed by atoms with van der Waals surface area (Å²) >= 11 is 0. The molecule has 1 amide bonds. The van der Waals surface area contributed by atoms with Crippen LogP contribution < -0.4 is 11.1 Å². The quantitative estimate of drug-likeness (QED) is 0.730. The van der Waals surface area contributed by atoms with Crippen LogP contribution in [0, 0.1) is 0 Å². The highest BCUT2D eigenvalue weighted by molar-refractivity contribution is 5.87. The zero-order chi connectivity index (χ0) is 19.3. The first-order valence-electron chi connectivity index (χ1n) is 8.52. The molecule has 0 saturated carbocycles. The van der Waals surface area contributed by atoms with Gasteiger partial charge in [0.25, 0.3) is 0 Å². The Bertz CT molecular complexity index is 799. The highest BCUT2D eigenvalue weighted by Gasteiger charge is 2.23. The summed E-state index contributed by atoms with van der Waals surface area (Å²) in [7, 11) is 0. The molecule has 0 aliphatic rings. The van der Waals surface area contributed by atoms with E-state index in [4.69, 9.17) is 10.5 Å². The summed E-state index contributed by atoms with van der Waals surface area (Å²) in [6.45, 7) is 5.16. The minimum atomic E-state index is -1.10. The fourth-order valence-electron chi connectivity index (χ4n) is 2.69. The number of nitrogens with zero attached hydrogens (tertiary/aromatic N) is 1. The number of aryl methyl sites for hydroxylation is 1. The number of benzene rings is 1. The lowest BCUT2D eigenvalue weighted by molar-refractivity contribution is -0.139. The maximum absolute atomic E-state index is 11.8. The first-order chi connectivity index (χ1) is 12.2. The number of ether oxygens (including phenoxy) is 1. The van der Waals surface area contributed by atoms with Crippen molar-refractivity contribution in [1.29, 1.82) is 0 Å². The number of fused-ring (bicyclic) bond motifs is 1. The van der Waals surface area contributed by atoms with Gasteiger partial charge in [-0.3, -0.25) is 0 Å². The van der Waals surface area contributed by atoms with E-state index in [9.17, 15) is 14.7 Å². The van der Waals surface area contributed by atoms with Gasteiger partial charge in [-0.1, -0.05) is 24.3 Å². The standard InChI is InChI=1S/C19H25N3O4/c1-19(2,3)26-18(25)22-15(17(23)24)10-6-9-14-13-8-5-4-7-12(13)11-21-16(14)20/h4-5,7-8,11,15H,6,9-10H2,1-3H3,(H2,20,21)(H,22,25)(H,23,24)/t15-/m0/s1. The van der Waals surface area contributed by atoms with Gasteiger partial charge in [-0.25, -0.2) is 14.6 Å². The van der Waals surface area contributed by atoms with Crippen molar-refractivity contribution in [2.75, 3.05) is 5.73 Å². The SMILES string of the molecule is CC(C)(C)OC(=O)N[C@@H](CCCc1c(N)ncc2ccccc12)C(=O)O. The Morgan fingerprint density at radius 3 is 2.65 bits per heavy atom. The number of nitrogens with one attached hydrogen (secondary N) is 1. The Kier molecular flexibility index (Phi) is 6.02. The van der Waals surface area contributed by atoms with E-state index in [-0.39, 0.29) is 6.42 Å². The molecule has 1 atom stereocenters. The highest BCUT2D eigenvalue weighted by Crippen LogP contribution is 2.24. The van der Waals surface area contributed by atoms with Crippen LogP contribution in [0.15, 0.2) is 30.5 Å². The number of amides is 1. The molecule has 4 N–H and O–H groups in total. The number of aromatic nitrogens is 1. The molecule has 0 spiro atoms. The molecule has 7 heteroatoms. The smallest absolute Gasteiger partial charge is 0.408 e. The molecule has 0 unspecified atom stereocenters. The largest absolute Gasteiger partial charge is 0.480 e. The van der Waals surface area contributed by atoms with Crippen LogP contribution in [0.1, 0.15) is 39.2 Å². The lowest BCUT2D eigenvalue weighted by Crippen LogP contribution is -2.43. The van der Waals surface area contributed by atoms with E-state index in [1.165, 1.54) is 0 Å². The number of hydrogen-bond donors (Lipinski definition) is 3. The summed E-state index contributed by atoms with van der Waals surface area (Å²) in [6, 6.07) is 6.75. The fourth-order valence-corrected chi connectivity index (χ4v) is 2.69. The molecule has 0 fully saturated rings. The normalized spacial score (nSPS) is 12.6. The summed E-state index contributed by atoms with van der Waals surface area (Å²) in [5.41, 5.74) is 6.21. The number of carboxylic acids is 1. The van der Waals surface area contributed by atoms with Crippen molar-refractivity contribution < 1.29 is 19.4 Å². The van der Waals surface area contributed by atoms with Crippen LogP contribution >= 0.6 is 0 Å². The van der Waals surface area contributed by atoms with Gasteiger partial charge in [-0.05, 0) is 45.4 Å². The van der Waals surface area contributed by atoms with Crippen molar-refractivity contribution in [2.45, 2.75) is 51.7 Å². The maximum Gasteiger partial charge on any atom is 0.408 e. The van der Waals surface area contributed by atoms with Crippen molar-refractivity contribution in [3.05, 3.63) is 36.0 Å². The molecule has 7 nitrogen and oxygen atoms in total. The first kappa shape index (κ1) is 19.5. The molecule has 1 aromatic carbocycles. The van der Waals surface area contributed by atoms with Crippen LogP contribution in [-0.4, -0.2) is 33.8 Å². The van der Waals surface area contributed by atoms with Gasteiger partial charge in [-0.2, -0.15) is 0 Å². The number of aliphatic carboxylic acids is 1. The average Bonchev–Trinajstić information content (AvgIpc) is 2.54. The third kappa shape index (κ3) is 5.34. The number of alkyl carbamates (subject to hydrolysis) is 1. The summed E-state index contributed by atoms with van der Waals surface area (Å²) < 4.78 is 5.12. The molecule has 140 valence electrons. The number of carboxylic acid groups (broad SMARTS) is 1. The van der Waals surface area contributed by atoms with Crippen LogP contribution in [0.3, 0.4) is 0 Å². The molecule has 2 rings (SSSR count). The second-order valence-corrected chi connectivity index (χ2v) is 7.14. The Labute approximate surface area is 152 Å². The predicted molar refractivity (Wildman–Crippen MR) is 99.9 cm³/mol. The number of anilines is 1. The summed E-state index contributed by atoms with van der Waals surface area (Å²) in [4.78, 5) is 27.4. The number of carbonyl (C=O) groups is 2. The molecule has 1 aromatic heterocycles. The van der Waals surface area contributed by atoms with Crippen molar-refractivity contribution in [3.63, 3.8) is 0 Å². The van der Waals surface area contributed by atoms with Gasteiger partial charge < -0.3 is 20.9 Å². The van der Waals surface area contributed by atoms with Crippen LogP contribution in [0.5, 0.6) is 0 Å². The van der Waals surface area contributed by atoms with E-state index in [0.717, 1.165) is 16.3 Å². The maximum atomic E-state index is 11.8. The Balaban J connectivity index is 2.01. The van der Waals surface area contributed by atoms with E-state index in [2.05, 4.69) is 10.3 Å². The van der Waals surface area contributed by atoms with Gasteiger partial charge in [0.1, 0.15) is 17.5 Å². The van der Waals surface area contributed by atoms with Gasteiger partial charge in [0.15, 0.2) is 0 Å². The fraction of sp³-hybridized carbons (Fsp3) is 0.421. The van der Waals surface area contributed by atoms with E-state index >= 15 is 0 Å². The zero-order valence-electron chi connectivity index (χ0n) is 15.3. The van der Waals surface area contributed by atoms with Crippen LogP contribution in [-0.2, 0) is 16.0 Å². The number of hydrogen-bond acceptors (Lipinski definition) is 5. The molecule has 0 aliphatic heterocycles. The minimum absolute atomic E-state index is 0.261. The molecular weight excluding hydrogens is 334 g/mol. The lowest BCUT2D eigenvalue weighted by atomic mass is 10.00. The van der Waals surface area contributed by atoms with Crippen LogP contribution in [0.25, 0.3) is 10.8 Å². The van der Waals surface area contributed by atoms with Crippen molar-refractivity contribution >= 4 is 28.7 Å². The summed E-state index contributed by atoms with van der Waals surface area (Å²) in [5.74, 6) is -0.657.